The van der Waals surface area contributed by atoms with Crippen LogP contribution in [0.5, 0.6) is 0 Å². The fourth-order valence-corrected chi connectivity index (χ4v) is 1.71. The van der Waals surface area contributed by atoms with Gasteiger partial charge in [-0.1, -0.05) is 12.1 Å². The molecule has 0 fully saturated rings. The zero-order chi connectivity index (χ0) is 12.6. The molecular formula is C11H9FN2O3. The number of anilines is 1. The third kappa shape index (κ3) is 1.84. The van der Waals surface area contributed by atoms with E-state index in [-0.39, 0.29) is 16.8 Å². The quantitative estimate of drug-likeness (QED) is 0.721. The van der Waals surface area contributed by atoms with E-state index in [1.807, 2.05) is 0 Å². The van der Waals surface area contributed by atoms with Gasteiger partial charge in [-0.3, -0.25) is 9.59 Å². The van der Waals surface area contributed by atoms with Crippen molar-refractivity contribution in [1.29, 1.82) is 0 Å². The molecule has 0 aliphatic carbocycles. The molecule has 0 spiro atoms. The van der Waals surface area contributed by atoms with Gasteiger partial charge >= 0.3 is 5.97 Å². The van der Waals surface area contributed by atoms with Gasteiger partial charge in [-0.25, -0.2) is 4.39 Å². The van der Waals surface area contributed by atoms with Gasteiger partial charge < -0.3 is 15.8 Å². The number of aliphatic carboxylic acids is 1. The number of carbonyl (C=O) groups is 1. The summed E-state index contributed by atoms with van der Waals surface area (Å²) >= 11 is 0. The van der Waals surface area contributed by atoms with Crippen LogP contribution >= 0.6 is 0 Å². The van der Waals surface area contributed by atoms with Crippen molar-refractivity contribution in [2.75, 3.05) is 5.73 Å². The fraction of sp³-hybridized carbons (Fsp3) is 0.0909. The lowest BCUT2D eigenvalue weighted by Crippen LogP contribution is -2.17. The number of nitrogens with two attached hydrogens (primary N) is 1. The van der Waals surface area contributed by atoms with Gasteiger partial charge in [-0.2, -0.15) is 0 Å². The number of aromatic amines is 1. The standard InChI is InChI=1S/C11H9FN2O3/c12-7-3-1-2-5-6(4-8(15)16)9(13)11(17)14-10(5)7/h1-3H,4,13H2,(H,14,17)(H,15,16). The van der Waals surface area contributed by atoms with Crippen molar-refractivity contribution < 1.29 is 14.3 Å². The van der Waals surface area contributed by atoms with E-state index >= 15 is 0 Å². The van der Waals surface area contributed by atoms with E-state index < -0.39 is 23.8 Å². The summed E-state index contributed by atoms with van der Waals surface area (Å²) in [7, 11) is 0. The molecule has 0 radical (unpaired) electrons. The van der Waals surface area contributed by atoms with Gasteiger partial charge in [0.2, 0.25) is 0 Å². The van der Waals surface area contributed by atoms with E-state index in [0.29, 0.717) is 5.39 Å². The lowest BCUT2D eigenvalue weighted by molar-refractivity contribution is -0.136. The number of hydrogen-bond acceptors (Lipinski definition) is 3. The van der Waals surface area contributed by atoms with E-state index in [2.05, 4.69) is 4.98 Å². The second-order valence-electron chi connectivity index (χ2n) is 3.58. The van der Waals surface area contributed by atoms with E-state index in [1.54, 1.807) is 0 Å². The molecule has 0 unspecified atom stereocenters. The highest BCUT2D eigenvalue weighted by molar-refractivity contribution is 5.90. The summed E-state index contributed by atoms with van der Waals surface area (Å²) in [6.45, 7) is 0. The van der Waals surface area contributed by atoms with E-state index in [1.165, 1.54) is 18.2 Å². The van der Waals surface area contributed by atoms with Crippen LogP contribution in [0, 0.1) is 5.82 Å². The number of pyridine rings is 1. The number of para-hydroxylation sites is 1. The molecule has 6 heteroatoms. The first-order valence-electron chi connectivity index (χ1n) is 4.81. The number of carboxylic acids is 1. The Morgan fingerprint density at radius 2 is 2.18 bits per heavy atom. The van der Waals surface area contributed by atoms with Crippen LogP contribution in [0.1, 0.15) is 5.56 Å². The average Bonchev–Trinajstić information content (AvgIpc) is 2.26. The third-order valence-electron chi connectivity index (χ3n) is 2.48. The molecule has 0 bridgehead atoms. The van der Waals surface area contributed by atoms with Gasteiger partial charge in [0.25, 0.3) is 5.56 Å². The van der Waals surface area contributed by atoms with Crippen LogP contribution in [0.15, 0.2) is 23.0 Å². The first kappa shape index (κ1) is 11.1. The highest BCUT2D eigenvalue weighted by Gasteiger charge is 2.14. The average molecular weight is 236 g/mol. The molecule has 0 amide bonds. The predicted molar refractivity (Wildman–Crippen MR) is 60.3 cm³/mol. The van der Waals surface area contributed by atoms with Gasteiger partial charge in [0.05, 0.1) is 11.9 Å². The van der Waals surface area contributed by atoms with Crippen LogP contribution in [0.25, 0.3) is 10.9 Å². The number of benzene rings is 1. The number of hydrogen-bond donors (Lipinski definition) is 3. The summed E-state index contributed by atoms with van der Waals surface area (Å²) in [5.41, 5.74) is 4.76. The van der Waals surface area contributed by atoms with Crippen LogP contribution in [-0.4, -0.2) is 16.1 Å². The first-order valence-corrected chi connectivity index (χ1v) is 4.81. The predicted octanol–water partition coefficient (Wildman–Crippen LogP) is 0.877. The molecule has 17 heavy (non-hydrogen) atoms. The minimum absolute atomic E-state index is 0.0250. The zero-order valence-corrected chi connectivity index (χ0v) is 8.66. The van der Waals surface area contributed by atoms with Gasteiger partial charge in [0.1, 0.15) is 11.5 Å². The van der Waals surface area contributed by atoms with E-state index in [0.717, 1.165) is 0 Å². The number of rotatable bonds is 2. The Morgan fingerprint density at radius 1 is 1.47 bits per heavy atom. The van der Waals surface area contributed by atoms with Crippen LogP contribution in [0.3, 0.4) is 0 Å². The molecule has 0 atom stereocenters. The van der Waals surface area contributed by atoms with Crippen LogP contribution in [0.4, 0.5) is 10.1 Å². The van der Waals surface area contributed by atoms with Crippen molar-refractivity contribution in [2.45, 2.75) is 6.42 Å². The van der Waals surface area contributed by atoms with E-state index in [4.69, 9.17) is 10.8 Å². The summed E-state index contributed by atoms with van der Waals surface area (Å²) in [5.74, 6) is -1.75. The molecule has 1 aromatic heterocycles. The number of halogens is 1. The number of nitrogens with one attached hydrogen (secondary N) is 1. The summed E-state index contributed by atoms with van der Waals surface area (Å²) in [6.07, 6.45) is -0.421. The van der Waals surface area contributed by atoms with Crippen LogP contribution in [-0.2, 0) is 11.2 Å². The monoisotopic (exact) mass is 236 g/mol. The maximum Gasteiger partial charge on any atom is 0.307 e. The van der Waals surface area contributed by atoms with Crippen molar-refractivity contribution in [3.63, 3.8) is 0 Å². The number of nitrogen functional groups attached to an aromatic ring is 1. The molecule has 0 aliphatic rings. The smallest absolute Gasteiger partial charge is 0.307 e. The topological polar surface area (TPSA) is 96.2 Å². The Morgan fingerprint density at radius 3 is 2.82 bits per heavy atom. The van der Waals surface area contributed by atoms with Crippen molar-refractivity contribution >= 4 is 22.6 Å². The Hall–Kier alpha value is -2.37. The van der Waals surface area contributed by atoms with Crippen molar-refractivity contribution in [3.8, 4) is 0 Å². The minimum Gasteiger partial charge on any atom is -0.481 e. The molecule has 1 aromatic carbocycles. The maximum absolute atomic E-state index is 13.5. The van der Waals surface area contributed by atoms with E-state index in [9.17, 15) is 14.0 Å². The van der Waals surface area contributed by atoms with Gasteiger partial charge in [-0.05, 0) is 6.07 Å². The molecular weight excluding hydrogens is 227 g/mol. The Bertz CT molecular complexity index is 664. The number of fused-ring (bicyclic) bond motifs is 1. The molecule has 4 N–H and O–H groups in total. The Balaban J connectivity index is 2.87. The number of aromatic nitrogens is 1. The van der Waals surface area contributed by atoms with Crippen molar-refractivity contribution in [1.82, 2.24) is 4.98 Å². The second kappa shape index (κ2) is 3.89. The lowest BCUT2D eigenvalue weighted by Gasteiger charge is -2.07. The van der Waals surface area contributed by atoms with Crippen molar-refractivity contribution in [2.24, 2.45) is 0 Å². The second-order valence-corrected chi connectivity index (χ2v) is 3.58. The van der Waals surface area contributed by atoms with Crippen LogP contribution < -0.4 is 11.3 Å². The highest BCUT2D eigenvalue weighted by Crippen LogP contribution is 2.22. The van der Waals surface area contributed by atoms with Gasteiger partial charge in [0.15, 0.2) is 0 Å². The summed E-state index contributed by atoms with van der Waals surface area (Å²) < 4.78 is 13.5. The molecule has 0 saturated carbocycles. The van der Waals surface area contributed by atoms with Crippen molar-refractivity contribution in [3.05, 3.63) is 39.9 Å². The lowest BCUT2D eigenvalue weighted by atomic mass is 10.0. The molecule has 0 saturated heterocycles. The minimum atomic E-state index is -1.13. The highest BCUT2D eigenvalue weighted by atomic mass is 19.1. The molecule has 1 heterocycles. The zero-order valence-electron chi connectivity index (χ0n) is 8.66. The molecule has 5 nitrogen and oxygen atoms in total. The Kier molecular flexibility index (Phi) is 2.55. The molecule has 88 valence electrons. The normalized spacial score (nSPS) is 10.6. The molecule has 0 aliphatic heterocycles. The molecule has 2 rings (SSSR count). The van der Waals surface area contributed by atoms with Gasteiger partial charge in [-0.15, -0.1) is 0 Å². The fourth-order valence-electron chi connectivity index (χ4n) is 1.71. The largest absolute Gasteiger partial charge is 0.481 e. The molecule has 2 aromatic rings. The Labute approximate surface area is 94.7 Å². The first-order chi connectivity index (χ1) is 8.00. The number of carboxylic acid groups (broad SMARTS) is 1. The summed E-state index contributed by atoms with van der Waals surface area (Å²) in [6, 6.07) is 4.13. The van der Waals surface area contributed by atoms with Gasteiger partial charge in [0, 0.05) is 10.9 Å². The number of H-pyrrole nitrogens is 1. The summed E-state index contributed by atoms with van der Waals surface area (Å²) in [4.78, 5) is 24.4. The van der Waals surface area contributed by atoms with Crippen LogP contribution in [0.2, 0.25) is 0 Å². The third-order valence-corrected chi connectivity index (χ3v) is 2.48. The summed E-state index contributed by atoms with van der Waals surface area (Å²) in [5, 5.41) is 9.06. The maximum atomic E-state index is 13.5. The SMILES string of the molecule is Nc1c(CC(=O)O)c2cccc(F)c2[nH]c1=O.